The first-order chi connectivity index (χ1) is 13.4. The van der Waals surface area contributed by atoms with E-state index < -0.39 is 23.1 Å². The molecule has 0 spiro atoms. The van der Waals surface area contributed by atoms with Crippen LogP contribution in [0.15, 0.2) is 36.8 Å². The van der Waals surface area contributed by atoms with E-state index >= 15 is 0 Å². The first-order valence-electron chi connectivity index (χ1n) is 8.77. The Morgan fingerprint density at radius 2 is 2.11 bits per heavy atom. The lowest BCUT2D eigenvalue weighted by atomic mass is 10.1. The monoisotopic (exact) mass is 388 g/mol. The number of carbonyl (C=O) groups excluding carboxylic acids is 1. The van der Waals surface area contributed by atoms with Gasteiger partial charge < -0.3 is 4.90 Å². The number of aromatic nitrogens is 2. The van der Waals surface area contributed by atoms with Gasteiger partial charge in [0.2, 0.25) is 5.91 Å². The van der Waals surface area contributed by atoms with Crippen LogP contribution in [0.4, 0.5) is 10.1 Å². The number of rotatable bonds is 6. The maximum absolute atomic E-state index is 14.0. The van der Waals surface area contributed by atoms with Crippen molar-refractivity contribution in [2.45, 2.75) is 25.2 Å². The number of hydrogen-bond acceptors (Lipinski definition) is 7. The highest BCUT2D eigenvalue weighted by molar-refractivity contribution is 5.77. The van der Waals surface area contributed by atoms with Crippen molar-refractivity contribution in [1.82, 2.24) is 25.1 Å². The molecule has 1 fully saturated rings. The first-order valence-corrected chi connectivity index (χ1v) is 8.77. The van der Waals surface area contributed by atoms with E-state index in [0.29, 0.717) is 13.0 Å². The summed E-state index contributed by atoms with van der Waals surface area (Å²) >= 11 is 0. The van der Waals surface area contributed by atoms with Crippen LogP contribution >= 0.6 is 0 Å². The van der Waals surface area contributed by atoms with E-state index in [4.69, 9.17) is 0 Å². The molecule has 1 saturated heterocycles. The van der Waals surface area contributed by atoms with E-state index in [9.17, 15) is 19.3 Å². The summed E-state index contributed by atoms with van der Waals surface area (Å²) in [4.78, 5) is 33.8. The normalized spacial score (nSPS) is 19.9. The van der Waals surface area contributed by atoms with Crippen LogP contribution in [0.3, 0.4) is 0 Å². The fraction of sp³-hybridized carbons (Fsp3) is 0.389. The van der Waals surface area contributed by atoms with E-state index in [1.54, 1.807) is 24.1 Å². The lowest BCUT2D eigenvalue weighted by Crippen LogP contribution is -2.61. The Morgan fingerprint density at radius 1 is 1.39 bits per heavy atom. The smallest absolute Gasteiger partial charge is 0.269 e. The molecule has 0 aliphatic carbocycles. The van der Waals surface area contributed by atoms with Gasteiger partial charge in [-0.05, 0) is 19.0 Å². The van der Waals surface area contributed by atoms with E-state index in [2.05, 4.69) is 15.3 Å². The number of benzene rings is 1. The van der Waals surface area contributed by atoms with Gasteiger partial charge in [-0.1, -0.05) is 12.1 Å². The average Bonchev–Trinajstić information content (AvgIpc) is 2.69. The number of non-ortho nitro benzene ring substituents is 1. The second-order valence-electron chi connectivity index (χ2n) is 6.71. The molecule has 2 atom stereocenters. The molecule has 2 heterocycles. The molecule has 1 N–H and O–H groups in total. The molecular weight excluding hydrogens is 367 g/mol. The van der Waals surface area contributed by atoms with Gasteiger partial charge in [0.25, 0.3) is 5.69 Å². The molecule has 9 nitrogen and oxygen atoms in total. The minimum atomic E-state index is -0.551. The molecule has 0 bridgehead atoms. The van der Waals surface area contributed by atoms with E-state index in [1.165, 1.54) is 18.5 Å². The number of nitro groups is 1. The van der Waals surface area contributed by atoms with Crippen molar-refractivity contribution in [2.75, 3.05) is 20.6 Å². The Kier molecular flexibility index (Phi) is 5.90. The second-order valence-corrected chi connectivity index (χ2v) is 6.71. The van der Waals surface area contributed by atoms with Crippen molar-refractivity contribution in [2.24, 2.45) is 0 Å². The predicted molar refractivity (Wildman–Crippen MR) is 98.5 cm³/mol. The Balaban J connectivity index is 1.67. The summed E-state index contributed by atoms with van der Waals surface area (Å²) in [5.74, 6) is -0.668. The van der Waals surface area contributed by atoms with Gasteiger partial charge in [-0.3, -0.25) is 25.1 Å². The van der Waals surface area contributed by atoms with Crippen LogP contribution in [0.5, 0.6) is 0 Å². The Bertz CT molecular complexity index is 863. The molecular formula is C18H21FN6O3. The molecule has 3 rings (SSSR count). The van der Waals surface area contributed by atoms with E-state index in [-0.39, 0.29) is 23.7 Å². The standard InChI is InChI=1S/C18H21FN6O3/c1-23(8-7-12-3-5-13(6-4-12)25(27)28)18-22-15(9-16(26)24(18)2)17-14(19)10-20-11-21-17/h3-6,10-11,15,18,22H,7-9H2,1-2H3. The molecule has 28 heavy (non-hydrogen) atoms. The average molecular weight is 388 g/mol. The molecule has 148 valence electrons. The van der Waals surface area contributed by atoms with E-state index in [0.717, 1.165) is 11.8 Å². The molecule has 0 saturated carbocycles. The molecule has 1 aromatic carbocycles. The molecule has 0 radical (unpaired) electrons. The number of amides is 1. The van der Waals surface area contributed by atoms with Crippen molar-refractivity contribution in [1.29, 1.82) is 0 Å². The quantitative estimate of drug-likeness (QED) is 0.590. The zero-order valence-electron chi connectivity index (χ0n) is 15.6. The number of nitro benzene ring substituents is 1. The van der Waals surface area contributed by atoms with Gasteiger partial charge in [-0.25, -0.2) is 14.4 Å². The van der Waals surface area contributed by atoms with Gasteiger partial charge >= 0.3 is 0 Å². The van der Waals surface area contributed by atoms with Gasteiger partial charge in [-0.2, -0.15) is 0 Å². The zero-order chi connectivity index (χ0) is 20.3. The summed E-state index contributed by atoms with van der Waals surface area (Å²) in [5.41, 5.74) is 1.16. The minimum absolute atomic E-state index is 0.0473. The summed E-state index contributed by atoms with van der Waals surface area (Å²) in [6, 6.07) is 5.83. The van der Waals surface area contributed by atoms with Gasteiger partial charge in [0.15, 0.2) is 5.82 Å². The summed E-state index contributed by atoms with van der Waals surface area (Å²) < 4.78 is 14.0. The topological polar surface area (TPSA) is 104 Å². The lowest BCUT2D eigenvalue weighted by Gasteiger charge is -2.42. The third-order valence-electron chi connectivity index (χ3n) is 4.83. The van der Waals surface area contributed by atoms with Crippen LogP contribution in [0.1, 0.15) is 23.7 Å². The third kappa shape index (κ3) is 4.29. The van der Waals surface area contributed by atoms with Crippen molar-refractivity contribution >= 4 is 11.6 Å². The second kappa shape index (κ2) is 8.36. The lowest BCUT2D eigenvalue weighted by molar-refractivity contribution is -0.384. The van der Waals surface area contributed by atoms with Gasteiger partial charge in [0.1, 0.15) is 12.6 Å². The molecule has 1 aliphatic heterocycles. The summed E-state index contributed by atoms with van der Waals surface area (Å²) in [7, 11) is 3.54. The minimum Gasteiger partial charge on any atom is -0.317 e. The van der Waals surface area contributed by atoms with Crippen LogP contribution < -0.4 is 5.32 Å². The first kappa shape index (κ1) is 19.8. The number of carbonyl (C=O) groups is 1. The summed E-state index contributed by atoms with van der Waals surface area (Å²) in [6.07, 6.45) is 2.66. The molecule has 2 aromatic rings. The summed E-state index contributed by atoms with van der Waals surface area (Å²) in [6.45, 7) is 0.589. The maximum atomic E-state index is 14.0. The highest BCUT2D eigenvalue weighted by atomic mass is 19.1. The third-order valence-corrected chi connectivity index (χ3v) is 4.83. The van der Waals surface area contributed by atoms with Crippen molar-refractivity contribution in [3.05, 3.63) is 64.0 Å². The van der Waals surface area contributed by atoms with E-state index in [1.807, 2.05) is 11.9 Å². The number of nitrogens with one attached hydrogen (secondary N) is 1. The maximum Gasteiger partial charge on any atom is 0.269 e. The number of halogens is 1. The van der Waals surface area contributed by atoms with Gasteiger partial charge in [-0.15, -0.1) is 0 Å². The van der Waals surface area contributed by atoms with Crippen LogP contribution in [0.2, 0.25) is 0 Å². The molecule has 1 aromatic heterocycles. The fourth-order valence-electron chi connectivity index (χ4n) is 3.19. The van der Waals surface area contributed by atoms with Crippen molar-refractivity contribution in [3.8, 4) is 0 Å². The SMILES string of the molecule is CN(CCc1ccc([N+](=O)[O-])cc1)C1NC(c2ncncc2F)CC(=O)N1C. The summed E-state index contributed by atoms with van der Waals surface area (Å²) in [5, 5.41) is 14.0. The zero-order valence-corrected chi connectivity index (χ0v) is 15.6. The number of likely N-dealkylation sites (N-methyl/N-ethyl adjacent to an activating group) is 1. The number of nitrogens with zero attached hydrogens (tertiary/aromatic N) is 5. The van der Waals surface area contributed by atoms with Gasteiger partial charge in [0, 0.05) is 32.1 Å². The van der Waals surface area contributed by atoms with Crippen molar-refractivity contribution < 1.29 is 14.1 Å². The van der Waals surface area contributed by atoms with Crippen molar-refractivity contribution in [3.63, 3.8) is 0 Å². The predicted octanol–water partition coefficient (Wildman–Crippen LogP) is 1.47. The molecule has 10 heteroatoms. The van der Waals surface area contributed by atoms with Gasteiger partial charge in [0.05, 0.1) is 22.9 Å². The molecule has 1 aliphatic rings. The van der Waals surface area contributed by atoms with Crippen LogP contribution in [0.25, 0.3) is 0 Å². The van der Waals surface area contributed by atoms with Crippen LogP contribution in [-0.2, 0) is 11.2 Å². The Labute approximate surface area is 161 Å². The Morgan fingerprint density at radius 3 is 2.75 bits per heavy atom. The highest BCUT2D eigenvalue weighted by Crippen LogP contribution is 2.24. The van der Waals surface area contributed by atoms with Crippen LogP contribution in [-0.4, -0.2) is 57.5 Å². The highest BCUT2D eigenvalue weighted by Gasteiger charge is 2.35. The molecule has 1 amide bonds. The van der Waals surface area contributed by atoms with Crippen LogP contribution in [0, 0.1) is 15.9 Å². The molecule has 2 unspecified atom stereocenters. The largest absolute Gasteiger partial charge is 0.317 e. The fourth-order valence-corrected chi connectivity index (χ4v) is 3.19. The number of hydrogen-bond donors (Lipinski definition) is 1. The Hall–Kier alpha value is -2.98.